The van der Waals surface area contributed by atoms with Crippen LogP contribution in [-0.4, -0.2) is 43.9 Å². The number of fused-ring (bicyclic) bond motifs is 2. The van der Waals surface area contributed by atoms with Crippen LogP contribution >= 0.6 is 0 Å². The zero-order valence-corrected chi connectivity index (χ0v) is 23.3. The predicted octanol–water partition coefficient (Wildman–Crippen LogP) is 7.07. The Morgan fingerprint density at radius 2 is 1.69 bits per heavy atom. The van der Waals surface area contributed by atoms with Gasteiger partial charge in [0.05, 0.1) is 26.9 Å². The zero-order valence-electron chi connectivity index (χ0n) is 23.3. The van der Waals surface area contributed by atoms with Crippen molar-refractivity contribution in [1.82, 2.24) is 4.90 Å². The largest absolute Gasteiger partial charge is 0.493 e. The lowest BCUT2D eigenvalue weighted by molar-refractivity contribution is -0.00141. The van der Waals surface area contributed by atoms with Gasteiger partial charge in [-0.05, 0) is 110 Å². The van der Waals surface area contributed by atoms with E-state index >= 15 is 0 Å². The van der Waals surface area contributed by atoms with Gasteiger partial charge in [-0.25, -0.2) is 4.39 Å². The molecule has 0 N–H and O–H groups in total. The molecule has 1 saturated heterocycles. The summed E-state index contributed by atoms with van der Waals surface area (Å²) in [6.45, 7) is 2.90. The molecule has 3 atom stereocenters. The summed E-state index contributed by atoms with van der Waals surface area (Å²) >= 11 is 0. The Hall–Kier alpha value is -2.89. The molecule has 1 aliphatic carbocycles. The second-order valence-corrected chi connectivity index (χ2v) is 11.5. The maximum absolute atomic E-state index is 13.8. The van der Waals surface area contributed by atoms with E-state index in [4.69, 9.17) is 14.2 Å². The summed E-state index contributed by atoms with van der Waals surface area (Å²) in [6, 6.07) is 20.0. The molecule has 0 bridgehead atoms. The first-order chi connectivity index (χ1) is 19.1. The van der Waals surface area contributed by atoms with Crippen LogP contribution in [0.15, 0.2) is 60.7 Å². The Morgan fingerprint density at radius 1 is 0.923 bits per heavy atom. The molecule has 2 aliphatic heterocycles. The van der Waals surface area contributed by atoms with E-state index in [1.54, 1.807) is 26.4 Å². The summed E-state index contributed by atoms with van der Waals surface area (Å²) in [6.07, 6.45) is 9.36. The zero-order chi connectivity index (χ0) is 26.8. The lowest BCUT2D eigenvalue weighted by Crippen LogP contribution is -2.55. The molecule has 3 aromatic carbocycles. The standard InChI is InChI=1S/C34H40FNO3/c1-37-31-20-25-15-17-34(22-27(25)21-32(31)38-2)16-5-6-18-36(34)19-7-10-30-33(24-11-13-28(35)14-12-24)29-9-4-3-8-26(29)23-39-30/h3-4,8-9,11-14,20-21,30,33H,5-7,10,15-19,22-23H2,1-2H3. The van der Waals surface area contributed by atoms with Gasteiger partial charge in [0.2, 0.25) is 0 Å². The van der Waals surface area contributed by atoms with E-state index in [1.165, 1.54) is 54.5 Å². The Morgan fingerprint density at radius 3 is 2.49 bits per heavy atom. The highest BCUT2D eigenvalue weighted by Crippen LogP contribution is 2.44. The van der Waals surface area contributed by atoms with Gasteiger partial charge in [-0.2, -0.15) is 0 Å². The number of hydrogen-bond donors (Lipinski definition) is 0. The van der Waals surface area contributed by atoms with Crippen molar-refractivity contribution in [2.75, 3.05) is 27.3 Å². The topological polar surface area (TPSA) is 30.9 Å². The van der Waals surface area contributed by atoms with Gasteiger partial charge < -0.3 is 14.2 Å². The van der Waals surface area contributed by atoms with Crippen molar-refractivity contribution in [1.29, 1.82) is 0 Å². The Kier molecular flexibility index (Phi) is 7.64. The molecule has 3 unspecified atom stereocenters. The average Bonchev–Trinajstić information content (AvgIpc) is 2.98. The van der Waals surface area contributed by atoms with E-state index in [0.717, 1.165) is 49.3 Å². The SMILES string of the molecule is COc1cc2c(cc1OC)CC1(CCCCN1CCCC1OCc3ccccc3C1c1ccc(F)cc1)CC2. The molecule has 0 aromatic heterocycles. The number of aryl methyl sites for hydroxylation is 1. The third kappa shape index (κ3) is 5.19. The summed E-state index contributed by atoms with van der Waals surface area (Å²) < 4.78 is 31.5. The van der Waals surface area contributed by atoms with E-state index < -0.39 is 0 Å². The predicted molar refractivity (Wildman–Crippen MR) is 152 cm³/mol. The van der Waals surface area contributed by atoms with Crippen LogP contribution in [0.2, 0.25) is 0 Å². The van der Waals surface area contributed by atoms with Crippen LogP contribution in [0, 0.1) is 5.82 Å². The van der Waals surface area contributed by atoms with E-state index in [9.17, 15) is 4.39 Å². The lowest BCUT2D eigenvalue weighted by Gasteiger charge is -2.50. The molecular weight excluding hydrogens is 489 g/mol. The number of likely N-dealkylation sites (tertiary alicyclic amines) is 1. The van der Waals surface area contributed by atoms with E-state index in [2.05, 4.69) is 41.3 Å². The average molecular weight is 530 g/mol. The van der Waals surface area contributed by atoms with Crippen LogP contribution in [0.5, 0.6) is 11.5 Å². The molecular formula is C34H40FNO3. The summed E-state index contributed by atoms with van der Waals surface area (Å²) in [5.74, 6) is 1.60. The Labute approximate surface area is 232 Å². The number of nitrogens with zero attached hydrogens (tertiary/aromatic N) is 1. The second kappa shape index (κ2) is 11.3. The monoisotopic (exact) mass is 529 g/mol. The van der Waals surface area contributed by atoms with E-state index in [-0.39, 0.29) is 23.4 Å². The van der Waals surface area contributed by atoms with E-state index in [1.807, 2.05) is 12.1 Å². The molecule has 1 spiro atoms. The number of hydrogen-bond acceptors (Lipinski definition) is 4. The van der Waals surface area contributed by atoms with Gasteiger partial charge in [-0.15, -0.1) is 0 Å². The van der Waals surface area contributed by atoms with Crippen LogP contribution in [-0.2, 0) is 24.2 Å². The van der Waals surface area contributed by atoms with Crippen LogP contribution < -0.4 is 9.47 Å². The minimum absolute atomic E-state index is 0.0925. The van der Waals surface area contributed by atoms with E-state index in [0.29, 0.717) is 6.61 Å². The number of ether oxygens (including phenoxy) is 3. The normalized spacial score (nSPS) is 24.7. The van der Waals surface area contributed by atoms with Gasteiger partial charge in [0.1, 0.15) is 5.82 Å². The molecule has 39 heavy (non-hydrogen) atoms. The maximum Gasteiger partial charge on any atom is 0.161 e. The van der Waals surface area contributed by atoms with Crippen molar-refractivity contribution in [3.8, 4) is 11.5 Å². The fourth-order valence-corrected chi connectivity index (χ4v) is 7.42. The van der Waals surface area contributed by atoms with Crippen molar-refractivity contribution in [2.24, 2.45) is 0 Å². The molecule has 3 aromatic rings. The molecule has 0 amide bonds. The van der Waals surface area contributed by atoms with Crippen LogP contribution in [0.4, 0.5) is 4.39 Å². The number of methoxy groups -OCH3 is 2. The first-order valence-electron chi connectivity index (χ1n) is 14.5. The molecule has 5 heteroatoms. The highest BCUT2D eigenvalue weighted by Gasteiger charge is 2.41. The van der Waals surface area contributed by atoms with Gasteiger partial charge in [-0.3, -0.25) is 4.90 Å². The fraction of sp³-hybridized carbons (Fsp3) is 0.471. The number of benzene rings is 3. The highest BCUT2D eigenvalue weighted by molar-refractivity contribution is 5.49. The first-order valence-corrected chi connectivity index (χ1v) is 14.5. The maximum atomic E-state index is 13.8. The van der Waals surface area contributed by atoms with Crippen molar-refractivity contribution < 1.29 is 18.6 Å². The lowest BCUT2D eigenvalue weighted by atomic mass is 9.72. The van der Waals surface area contributed by atoms with Crippen molar-refractivity contribution in [3.05, 3.63) is 94.3 Å². The number of halogens is 1. The summed E-state index contributed by atoms with van der Waals surface area (Å²) in [4.78, 5) is 2.79. The Balaban J connectivity index is 1.18. The molecule has 3 aliphatic rings. The molecule has 4 nitrogen and oxygen atoms in total. The molecule has 2 heterocycles. The Bertz CT molecular complexity index is 1290. The smallest absolute Gasteiger partial charge is 0.161 e. The van der Waals surface area contributed by atoms with Gasteiger partial charge in [0.15, 0.2) is 11.5 Å². The van der Waals surface area contributed by atoms with Gasteiger partial charge in [0.25, 0.3) is 0 Å². The third-order valence-electron chi connectivity index (χ3n) is 9.44. The first kappa shape index (κ1) is 26.3. The van der Waals surface area contributed by atoms with Crippen molar-refractivity contribution in [3.63, 3.8) is 0 Å². The molecule has 1 fully saturated rings. The second-order valence-electron chi connectivity index (χ2n) is 11.5. The molecule has 0 radical (unpaired) electrons. The van der Waals surface area contributed by atoms with Crippen molar-refractivity contribution in [2.45, 2.75) is 75.5 Å². The number of rotatable bonds is 7. The van der Waals surface area contributed by atoms with Gasteiger partial charge in [0, 0.05) is 11.5 Å². The van der Waals surface area contributed by atoms with Crippen LogP contribution in [0.3, 0.4) is 0 Å². The summed E-state index contributed by atoms with van der Waals surface area (Å²) in [5.41, 5.74) is 6.74. The van der Waals surface area contributed by atoms with Gasteiger partial charge in [-0.1, -0.05) is 42.8 Å². The minimum atomic E-state index is -0.194. The molecule has 206 valence electrons. The molecule has 0 saturated carbocycles. The minimum Gasteiger partial charge on any atom is -0.493 e. The summed E-state index contributed by atoms with van der Waals surface area (Å²) in [7, 11) is 3.44. The molecule has 6 rings (SSSR count). The van der Waals surface area contributed by atoms with Gasteiger partial charge >= 0.3 is 0 Å². The summed E-state index contributed by atoms with van der Waals surface area (Å²) in [5, 5.41) is 0. The number of piperidine rings is 1. The van der Waals surface area contributed by atoms with Crippen LogP contribution in [0.1, 0.15) is 72.3 Å². The van der Waals surface area contributed by atoms with Crippen LogP contribution in [0.25, 0.3) is 0 Å². The third-order valence-corrected chi connectivity index (χ3v) is 9.44. The highest BCUT2D eigenvalue weighted by atomic mass is 19.1. The van der Waals surface area contributed by atoms with Crippen molar-refractivity contribution >= 4 is 0 Å². The fourth-order valence-electron chi connectivity index (χ4n) is 7.42. The quantitative estimate of drug-likeness (QED) is 0.328.